The van der Waals surface area contributed by atoms with Gasteiger partial charge >= 0.3 is 0 Å². The standard InChI is InChI=1S/C27H29N3O2/c1-20(2)28-19-24(31)18-27(22-14-8-4-9-15-22)25(21-12-6-3-7-13-21)29-30(26(27)32)23-16-10-5-11-17-23/h3-17,20,24,28,31H,18-19H2,1-2H3/t24-,27-/m1/s1. The smallest absolute Gasteiger partial charge is 0.264 e. The minimum atomic E-state index is -1.10. The topological polar surface area (TPSA) is 64.9 Å². The highest BCUT2D eigenvalue weighted by Gasteiger charge is 2.54. The van der Waals surface area contributed by atoms with Crippen LogP contribution < -0.4 is 10.3 Å². The zero-order valence-electron chi connectivity index (χ0n) is 18.5. The van der Waals surface area contributed by atoms with Crippen LogP contribution in [0.3, 0.4) is 0 Å². The highest BCUT2D eigenvalue weighted by molar-refractivity contribution is 6.29. The van der Waals surface area contributed by atoms with Crippen molar-refractivity contribution in [2.75, 3.05) is 11.6 Å². The molecule has 1 heterocycles. The third-order valence-corrected chi connectivity index (χ3v) is 5.78. The summed E-state index contributed by atoms with van der Waals surface area (Å²) in [6.45, 7) is 4.47. The molecule has 5 nitrogen and oxygen atoms in total. The van der Waals surface area contributed by atoms with Crippen LogP contribution in [-0.4, -0.2) is 35.4 Å². The van der Waals surface area contributed by atoms with Gasteiger partial charge in [0.2, 0.25) is 0 Å². The quantitative estimate of drug-likeness (QED) is 0.568. The Bertz CT molecular complexity index is 1070. The fourth-order valence-electron chi connectivity index (χ4n) is 4.24. The molecular formula is C27H29N3O2. The van der Waals surface area contributed by atoms with Crippen molar-refractivity contribution >= 4 is 17.3 Å². The maximum Gasteiger partial charge on any atom is 0.264 e. The SMILES string of the molecule is CC(C)NC[C@H](O)C[C@]1(c2ccccc2)C(=O)N(c2ccccc2)N=C1c1ccccc1. The van der Waals surface area contributed by atoms with E-state index in [4.69, 9.17) is 5.10 Å². The minimum absolute atomic E-state index is 0.155. The first-order valence-corrected chi connectivity index (χ1v) is 11.0. The Morgan fingerprint density at radius 1 is 0.906 bits per heavy atom. The molecule has 0 spiro atoms. The number of hydrogen-bond acceptors (Lipinski definition) is 4. The molecule has 1 amide bonds. The Morgan fingerprint density at radius 3 is 2.06 bits per heavy atom. The number of carbonyl (C=O) groups is 1. The van der Waals surface area contributed by atoms with E-state index in [9.17, 15) is 9.90 Å². The molecule has 1 aliphatic rings. The van der Waals surface area contributed by atoms with Crippen molar-refractivity contribution in [1.29, 1.82) is 0 Å². The first-order valence-electron chi connectivity index (χ1n) is 11.0. The summed E-state index contributed by atoms with van der Waals surface area (Å²) in [5, 5.41) is 20.7. The van der Waals surface area contributed by atoms with Crippen molar-refractivity contribution in [3.63, 3.8) is 0 Å². The maximum absolute atomic E-state index is 14.2. The van der Waals surface area contributed by atoms with Crippen molar-refractivity contribution in [2.45, 2.75) is 37.8 Å². The second kappa shape index (κ2) is 9.47. The lowest BCUT2D eigenvalue weighted by Gasteiger charge is -2.32. The minimum Gasteiger partial charge on any atom is -0.392 e. The summed E-state index contributed by atoms with van der Waals surface area (Å²) in [4.78, 5) is 14.2. The van der Waals surface area contributed by atoms with Gasteiger partial charge < -0.3 is 10.4 Å². The fraction of sp³-hybridized carbons (Fsp3) is 0.259. The number of nitrogens with zero attached hydrogens (tertiary/aromatic N) is 2. The van der Waals surface area contributed by atoms with Gasteiger partial charge in [-0.25, -0.2) is 0 Å². The lowest BCUT2D eigenvalue weighted by atomic mass is 9.70. The number of hydrazone groups is 1. The van der Waals surface area contributed by atoms with Gasteiger partial charge in [-0.3, -0.25) is 4.79 Å². The van der Waals surface area contributed by atoms with Crippen LogP contribution in [0.2, 0.25) is 0 Å². The summed E-state index contributed by atoms with van der Waals surface area (Å²) in [5.41, 5.74) is 1.96. The molecular weight excluding hydrogens is 398 g/mol. The van der Waals surface area contributed by atoms with Gasteiger partial charge in [0.25, 0.3) is 5.91 Å². The van der Waals surface area contributed by atoms with Crippen molar-refractivity contribution in [1.82, 2.24) is 5.32 Å². The van der Waals surface area contributed by atoms with E-state index in [2.05, 4.69) is 5.32 Å². The van der Waals surface area contributed by atoms with E-state index in [1.165, 1.54) is 5.01 Å². The summed E-state index contributed by atoms with van der Waals surface area (Å²) in [6, 6.07) is 29.2. The average Bonchev–Trinajstić information content (AvgIpc) is 3.12. The Balaban J connectivity index is 1.87. The molecule has 0 saturated heterocycles. The first kappa shape index (κ1) is 21.9. The third kappa shape index (κ3) is 4.22. The summed E-state index contributed by atoms with van der Waals surface area (Å²) in [5.74, 6) is -0.155. The van der Waals surface area contributed by atoms with Crippen LogP contribution in [0.4, 0.5) is 5.69 Å². The molecule has 3 aromatic carbocycles. The highest BCUT2D eigenvalue weighted by atomic mass is 16.3. The number of amides is 1. The summed E-state index contributed by atoms with van der Waals surface area (Å²) in [6.07, 6.45) is -0.502. The van der Waals surface area contributed by atoms with E-state index < -0.39 is 11.5 Å². The zero-order valence-corrected chi connectivity index (χ0v) is 18.5. The van der Waals surface area contributed by atoms with Gasteiger partial charge in [-0.1, -0.05) is 92.7 Å². The zero-order chi connectivity index (χ0) is 22.6. The van der Waals surface area contributed by atoms with Crippen LogP contribution in [0.15, 0.2) is 96.1 Å². The predicted molar refractivity (Wildman–Crippen MR) is 129 cm³/mol. The van der Waals surface area contributed by atoms with E-state index in [0.717, 1.165) is 11.1 Å². The molecule has 0 bridgehead atoms. The Labute approximate surface area is 189 Å². The molecule has 0 aliphatic carbocycles. The van der Waals surface area contributed by atoms with Crippen LogP contribution in [0.1, 0.15) is 31.4 Å². The van der Waals surface area contributed by atoms with Crippen LogP contribution in [-0.2, 0) is 10.2 Å². The molecule has 5 heteroatoms. The van der Waals surface area contributed by atoms with Crippen LogP contribution >= 0.6 is 0 Å². The second-order valence-corrected chi connectivity index (χ2v) is 8.46. The van der Waals surface area contributed by atoms with Crippen molar-refractivity contribution < 1.29 is 9.90 Å². The number of anilines is 1. The van der Waals surface area contributed by atoms with E-state index >= 15 is 0 Å². The molecule has 2 N–H and O–H groups in total. The molecule has 0 radical (unpaired) electrons. The molecule has 1 aliphatic heterocycles. The molecule has 2 atom stereocenters. The van der Waals surface area contributed by atoms with Crippen molar-refractivity contribution in [3.05, 3.63) is 102 Å². The normalized spacial score (nSPS) is 19.3. The molecule has 0 fully saturated rings. The van der Waals surface area contributed by atoms with E-state index in [0.29, 0.717) is 17.9 Å². The third-order valence-electron chi connectivity index (χ3n) is 5.78. The monoisotopic (exact) mass is 427 g/mol. The number of carbonyl (C=O) groups excluding carboxylic acids is 1. The number of nitrogens with one attached hydrogen (secondary N) is 1. The molecule has 0 aromatic heterocycles. The lowest BCUT2D eigenvalue weighted by Crippen LogP contribution is -2.48. The second-order valence-electron chi connectivity index (χ2n) is 8.46. The molecule has 0 unspecified atom stereocenters. The summed E-state index contributed by atoms with van der Waals surface area (Å²) in [7, 11) is 0. The van der Waals surface area contributed by atoms with E-state index in [1.807, 2.05) is 105 Å². The van der Waals surface area contributed by atoms with E-state index in [-0.39, 0.29) is 18.4 Å². The lowest BCUT2D eigenvalue weighted by molar-refractivity contribution is -0.122. The summed E-state index contributed by atoms with van der Waals surface area (Å²) < 4.78 is 0. The van der Waals surface area contributed by atoms with Gasteiger partial charge in [0.05, 0.1) is 17.5 Å². The van der Waals surface area contributed by atoms with Crippen LogP contribution in [0.5, 0.6) is 0 Å². The van der Waals surface area contributed by atoms with Gasteiger partial charge in [0.1, 0.15) is 5.41 Å². The van der Waals surface area contributed by atoms with Gasteiger partial charge in [-0.05, 0) is 29.7 Å². The number of hydrogen-bond donors (Lipinski definition) is 2. The van der Waals surface area contributed by atoms with Gasteiger partial charge in [-0.2, -0.15) is 10.1 Å². The number of aliphatic hydroxyl groups is 1. The van der Waals surface area contributed by atoms with Crippen molar-refractivity contribution in [2.24, 2.45) is 5.10 Å². The highest BCUT2D eigenvalue weighted by Crippen LogP contribution is 2.42. The van der Waals surface area contributed by atoms with Crippen LogP contribution in [0.25, 0.3) is 0 Å². The Hall–Kier alpha value is -3.28. The largest absolute Gasteiger partial charge is 0.392 e. The summed E-state index contributed by atoms with van der Waals surface area (Å²) >= 11 is 0. The number of benzene rings is 3. The van der Waals surface area contributed by atoms with Crippen molar-refractivity contribution in [3.8, 4) is 0 Å². The fourth-order valence-corrected chi connectivity index (χ4v) is 4.24. The number of aliphatic hydroxyl groups excluding tert-OH is 1. The van der Waals surface area contributed by atoms with Crippen LogP contribution in [0, 0.1) is 0 Å². The Morgan fingerprint density at radius 2 is 1.47 bits per heavy atom. The average molecular weight is 428 g/mol. The Kier molecular flexibility index (Phi) is 6.49. The predicted octanol–water partition coefficient (Wildman–Crippen LogP) is 4.12. The molecule has 32 heavy (non-hydrogen) atoms. The first-order chi connectivity index (χ1) is 15.5. The van der Waals surface area contributed by atoms with Gasteiger partial charge in [0.15, 0.2) is 0 Å². The van der Waals surface area contributed by atoms with Gasteiger partial charge in [0, 0.05) is 12.6 Å². The number of rotatable bonds is 8. The molecule has 4 rings (SSSR count). The van der Waals surface area contributed by atoms with E-state index in [1.54, 1.807) is 0 Å². The molecule has 164 valence electrons. The van der Waals surface area contributed by atoms with Gasteiger partial charge in [-0.15, -0.1) is 0 Å². The number of para-hydroxylation sites is 1. The maximum atomic E-state index is 14.2. The molecule has 0 saturated carbocycles. The molecule has 3 aromatic rings.